The molecular formula is C13H15NO5S. The molecule has 20 heavy (non-hydrogen) atoms. The summed E-state index contributed by atoms with van der Waals surface area (Å²) in [6.07, 6.45) is 1.63. The Morgan fingerprint density at radius 2 is 1.80 bits per heavy atom. The van der Waals surface area contributed by atoms with Crippen LogP contribution in [0.15, 0.2) is 29.2 Å². The Bertz CT molecular complexity index is 617. The van der Waals surface area contributed by atoms with E-state index in [1.54, 1.807) is 0 Å². The second kappa shape index (κ2) is 5.62. The highest BCUT2D eigenvalue weighted by Crippen LogP contribution is 2.19. The lowest BCUT2D eigenvalue weighted by Gasteiger charge is -2.06. The van der Waals surface area contributed by atoms with E-state index in [1.165, 1.54) is 24.3 Å². The maximum Gasteiger partial charge on any atom is 0.307 e. The van der Waals surface area contributed by atoms with Crippen LogP contribution in [0.4, 0.5) is 0 Å². The number of carboxylic acid groups (broad SMARTS) is 1. The molecule has 1 aromatic carbocycles. The molecule has 0 aromatic heterocycles. The maximum atomic E-state index is 12.0. The molecule has 0 heterocycles. The van der Waals surface area contributed by atoms with Crippen LogP contribution in [0.3, 0.4) is 0 Å². The van der Waals surface area contributed by atoms with Crippen molar-refractivity contribution in [3.63, 3.8) is 0 Å². The summed E-state index contributed by atoms with van der Waals surface area (Å²) < 4.78 is 24.0. The van der Waals surface area contributed by atoms with Gasteiger partial charge < -0.3 is 10.4 Å². The zero-order valence-corrected chi connectivity index (χ0v) is 11.5. The molecule has 0 aliphatic heterocycles. The van der Waals surface area contributed by atoms with Gasteiger partial charge >= 0.3 is 5.97 Å². The molecule has 1 aliphatic rings. The first kappa shape index (κ1) is 14.5. The molecule has 2 rings (SSSR count). The van der Waals surface area contributed by atoms with Gasteiger partial charge in [-0.05, 0) is 30.5 Å². The van der Waals surface area contributed by atoms with Crippen molar-refractivity contribution in [1.29, 1.82) is 0 Å². The number of carbonyl (C=O) groups excluding carboxylic acids is 1. The van der Waals surface area contributed by atoms with Gasteiger partial charge in [0.1, 0.15) is 5.75 Å². The molecule has 0 saturated heterocycles. The summed E-state index contributed by atoms with van der Waals surface area (Å²) in [6.45, 7) is 0. The van der Waals surface area contributed by atoms with Crippen LogP contribution < -0.4 is 5.32 Å². The Hall–Kier alpha value is -1.89. The molecule has 7 heteroatoms. The smallest absolute Gasteiger partial charge is 0.307 e. The fourth-order valence-corrected chi connectivity index (χ4v) is 2.89. The van der Waals surface area contributed by atoms with Gasteiger partial charge in [-0.15, -0.1) is 0 Å². The second-order valence-corrected chi connectivity index (χ2v) is 6.80. The van der Waals surface area contributed by atoms with Crippen LogP contribution in [0.25, 0.3) is 0 Å². The van der Waals surface area contributed by atoms with Gasteiger partial charge in [0, 0.05) is 6.04 Å². The van der Waals surface area contributed by atoms with Crippen molar-refractivity contribution in [3.05, 3.63) is 29.8 Å². The molecule has 0 spiro atoms. The quantitative estimate of drug-likeness (QED) is 0.790. The molecule has 1 amide bonds. The van der Waals surface area contributed by atoms with Crippen LogP contribution in [0.1, 0.15) is 18.4 Å². The number of benzene rings is 1. The third-order valence-electron chi connectivity index (χ3n) is 2.90. The fraction of sp³-hybridized carbons (Fsp3) is 0.385. The molecule has 0 bridgehead atoms. The Labute approximate surface area is 116 Å². The highest BCUT2D eigenvalue weighted by atomic mass is 32.2. The number of nitrogens with one attached hydrogen (secondary N) is 1. The van der Waals surface area contributed by atoms with Gasteiger partial charge in [0.2, 0.25) is 5.91 Å². The minimum atomic E-state index is -3.68. The maximum absolute atomic E-state index is 12.0. The number of hydrogen-bond donors (Lipinski definition) is 2. The number of amides is 1. The topological polar surface area (TPSA) is 101 Å². The van der Waals surface area contributed by atoms with Crippen LogP contribution >= 0.6 is 0 Å². The Morgan fingerprint density at radius 1 is 1.20 bits per heavy atom. The van der Waals surface area contributed by atoms with E-state index in [0.29, 0.717) is 5.56 Å². The van der Waals surface area contributed by atoms with Gasteiger partial charge in [0.15, 0.2) is 9.84 Å². The minimum Gasteiger partial charge on any atom is -0.481 e. The molecule has 1 aromatic rings. The highest BCUT2D eigenvalue weighted by molar-refractivity contribution is 7.92. The number of sulfone groups is 1. The van der Waals surface area contributed by atoms with Crippen LogP contribution in [-0.4, -0.2) is 37.2 Å². The summed E-state index contributed by atoms with van der Waals surface area (Å²) in [5.41, 5.74) is 0.513. The van der Waals surface area contributed by atoms with Crippen molar-refractivity contribution >= 4 is 21.7 Å². The first-order chi connectivity index (χ1) is 9.37. The van der Waals surface area contributed by atoms with E-state index in [9.17, 15) is 18.0 Å². The summed E-state index contributed by atoms with van der Waals surface area (Å²) in [5.74, 6) is -2.06. The summed E-state index contributed by atoms with van der Waals surface area (Å²) >= 11 is 0. The molecule has 6 nitrogen and oxygen atoms in total. The lowest BCUT2D eigenvalue weighted by Crippen LogP contribution is -2.31. The minimum absolute atomic E-state index is 0.0255. The molecule has 1 aliphatic carbocycles. The molecule has 108 valence electrons. The summed E-state index contributed by atoms with van der Waals surface area (Å²) in [7, 11) is -3.68. The van der Waals surface area contributed by atoms with Gasteiger partial charge in [0.05, 0.1) is 11.3 Å². The molecular weight excluding hydrogens is 282 g/mol. The summed E-state index contributed by atoms with van der Waals surface area (Å²) in [6, 6.07) is 5.67. The van der Waals surface area contributed by atoms with E-state index in [0.717, 1.165) is 12.8 Å². The van der Waals surface area contributed by atoms with Gasteiger partial charge in [0.25, 0.3) is 0 Å². The Balaban J connectivity index is 2.04. The van der Waals surface area contributed by atoms with Crippen molar-refractivity contribution < 1.29 is 23.1 Å². The van der Waals surface area contributed by atoms with E-state index < -0.39 is 27.5 Å². The first-order valence-corrected chi connectivity index (χ1v) is 7.85. The van der Waals surface area contributed by atoms with Crippen LogP contribution in [0, 0.1) is 0 Å². The average molecular weight is 297 g/mol. The van der Waals surface area contributed by atoms with E-state index in [-0.39, 0.29) is 17.4 Å². The third kappa shape index (κ3) is 4.06. The van der Waals surface area contributed by atoms with Crippen molar-refractivity contribution in [2.24, 2.45) is 0 Å². The Morgan fingerprint density at radius 3 is 2.30 bits per heavy atom. The number of carboxylic acids is 1. The zero-order valence-electron chi connectivity index (χ0n) is 10.7. The predicted octanol–water partition coefficient (Wildman–Crippen LogP) is 0.366. The van der Waals surface area contributed by atoms with Crippen LogP contribution in [0.2, 0.25) is 0 Å². The second-order valence-electron chi connectivity index (χ2n) is 4.82. The fourth-order valence-electron chi connectivity index (χ4n) is 1.74. The molecule has 0 unspecified atom stereocenters. The van der Waals surface area contributed by atoms with Gasteiger partial charge in [-0.25, -0.2) is 8.42 Å². The molecule has 0 radical (unpaired) electrons. The lowest BCUT2D eigenvalue weighted by atomic mass is 10.2. The van der Waals surface area contributed by atoms with Crippen molar-refractivity contribution in [1.82, 2.24) is 5.32 Å². The van der Waals surface area contributed by atoms with Crippen LogP contribution in [-0.2, 0) is 25.8 Å². The predicted molar refractivity (Wildman–Crippen MR) is 71.0 cm³/mol. The largest absolute Gasteiger partial charge is 0.481 e. The van der Waals surface area contributed by atoms with Gasteiger partial charge in [-0.1, -0.05) is 12.1 Å². The standard InChI is InChI=1S/C13H15NO5S/c15-12(14-10-3-4-10)8-20(18,19)11-5-1-9(2-6-11)7-13(16)17/h1-2,5-6,10H,3-4,7-8H2,(H,14,15)(H,16,17). The SMILES string of the molecule is O=C(O)Cc1ccc(S(=O)(=O)CC(=O)NC2CC2)cc1. The van der Waals surface area contributed by atoms with Crippen molar-refractivity contribution in [2.45, 2.75) is 30.2 Å². The first-order valence-electron chi connectivity index (χ1n) is 6.20. The van der Waals surface area contributed by atoms with E-state index in [4.69, 9.17) is 5.11 Å². The normalized spacial score (nSPS) is 14.8. The monoisotopic (exact) mass is 297 g/mol. The molecule has 2 N–H and O–H groups in total. The van der Waals surface area contributed by atoms with Gasteiger partial charge in [-0.3, -0.25) is 9.59 Å². The van der Waals surface area contributed by atoms with Crippen molar-refractivity contribution in [3.8, 4) is 0 Å². The summed E-state index contributed by atoms with van der Waals surface area (Å²) in [4.78, 5) is 22.1. The van der Waals surface area contributed by atoms with Gasteiger partial charge in [-0.2, -0.15) is 0 Å². The van der Waals surface area contributed by atoms with E-state index >= 15 is 0 Å². The van der Waals surface area contributed by atoms with Crippen molar-refractivity contribution in [2.75, 3.05) is 5.75 Å². The Kier molecular flexibility index (Phi) is 4.08. The number of carbonyl (C=O) groups is 2. The van der Waals surface area contributed by atoms with E-state index in [1.807, 2.05) is 0 Å². The lowest BCUT2D eigenvalue weighted by molar-refractivity contribution is -0.136. The van der Waals surface area contributed by atoms with Crippen LogP contribution in [0.5, 0.6) is 0 Å². The highest BCUT2D eigenvalue weighted by Gasteiger charge is 2.26. The number of hydrogen-bond acceptors (Lipinski definition) is 4. The summed E-state index contributed by atoms with van der Waals surface area (Å²) in [5, 5.41) is 11.3. The molecule has 1 fully saturated rings. The zero-order chi connectivity index (χ0) is 14.8. The molecule has 0 atom stereocenters. The molecule has 1 saturated carbocycles. The average Bonchev–Trinajstić information content (AvgIpc) is 3.11. The third-order valence-corrected chi connectivity index (χ3v) is 4.53. The number of rotatable bonds is 6. The van der Waals surface area contributed by atoms with E-state index in [2.05, 4.69) is 5.32 Å². The number of aliphatic carboxylic acids is 1.